The average molecular weight is 517 g/mol. The van der Waals surface area contributed by atoms with Crippen molar-refractivity contribution in [2.45, 2.75) is 32.2 Å². The molecule has 0 saturated carbocycles. The number of thioether (sulfide) groups is 1. The molecule has 0 saturated heterocycles. The smallest absolute Gasteiger partial charge is 0.234 e. The summed E-state index contributed by atoms with van der Waals surface area (Å²) in [5, 5.41) is 14.7. The standard InChI is InChI=1S/C32H28N4OS/c1-4-24-16-18-25(19-17-24)30-28-12-8-9-13-29(28)32(35(33-30)26-10-6-5-7-11-26)36(34-31(38-32)23(3)37)27-20-14-22(2)15-21-27/h5-21H,4H2,1-3H3/t32-/m0/s1. The topological polar surface area (TPSA) is 48.3 Å². The summed E-state index contributed by atoms with van der Waals surface area (Å²) in [6.07, 6.45) is 0.982. The molecule has 4 aromatic rings. The van der Waals surface area contributed by atoms with E-state index in [1.54, 1.807) is 6.92 Å². The van der Waals surface area contributed by atoms with Crippen molar-refractivity contribution in [1.82, 2.24) is 0 Å². The van der Waals surface area contributed by atoms with Crippen LogP contribution in [-0.2, 0) is 16.2 Å². The zero-order chi connectivity index (χ0) is 26.3. The fraction of sp³-hybridized carbons (Fsp3) is 0.156. The first-order valence-electron chi connectivity index (χ1n) is 12.8. The first-order valence-corrected chi connectivity index (χ1v) is 13.6. The number of rotatable bonds is 5. The summed E-state index contributed by atoms with van der Waals surface area (Å²) in [5.41, 5.74) is 8.22. The maximum atomic E-state index is 12.8. The lowest BCUT2D eigenvalue weighted by atomic mass is 9.92. The Kier molecular flexibility index (Phi) is 6.12. The van der Waals surface area contributed by atoms with Crippen molar-refractivity contribution >= 4 is 39.7 Å². The molecule has 0 N–H and O–H groups in total. The summed E-state index contributed by atoms with van der Waals surface area (Å²) in [6.45, 7) is 5.80. The minimum Gasteiger partial charge on any atom is -0.292 e. The lowest BCUT2D eigenvalue weighted by Gasteiger charge is -2.47. The Morgan fingerprint density at radius 2 is 1.42 bits per heavy atom. The van der Waals surface area contributed by atoms with E-state index in [1.165, 1.54) is 17.3 Å². The van der Waals surface area contributed by atoms with Gasteiger partial charge in [-0.15, -0.1) is 0 Å². The number of carbonyl (C=O) groups is 1. The number of anilines is 2. The molecule has 1 atom stereocenters. The van der Waals surface area contributed by atoms with E-state index in [2.05, 4.69) is 86.6 Å². The predicted molar refractivity (Wildman–Crippen MR) is 158 cm³/mol. The van der Waals surface area contributed by atoms with Crippen LogP contribution in [0, 0.1) is 6.92 Å². The molecule has 188 valence electrons. The molecule has 2 aliphatic heterocycles. The van der Waals surface area contributed by atoms with Gasteiger partial charge in [0.2, 0.25) is 4.99 Å². The van der Waals surface area contributed by atoms with Crippen LogP contribution in [0.4, 0.5) is 11.4 Å². The minimum atomic E-state index is -0.929. The van der Waals surface area contributed by atoms with Crippen molar-refractivity contribution in [3.63, 3.8) is 0 Å². The van der Waals surface area contributed by atoms with Gasteiger partial charge in [0.25, 0.3) is 0 Å². The highest BCUT2D eigenvalue weighted by Gasteiger charge is 2.55. The molecular formula is C32H28N4OS. The number of para-hydroxylation sites is 1. The van der Waals surface area contributed by atoms with Crippen LogP contribution in [0.5, 0.6) is 0 Å². The SMILES string of the molecule is CCc1ccc(C2=NN(c3ccccc3)[C@@]3(SC(C(C)=O)=NN3c3ccc(C)cc3)c3ccccc32)cc1. The number of carbonyl (C=O) groups excluding carboxylic acids is 1. The summed E-state index contributed by atoms with van der Waals surface area (Å²) < 4.78 is 0. The summed E-state index contributed by atoms with van der Waals surface area (Å²) in [6, 6.07) is 35.3. The molecule has 5 nitrogen and oxygen atoms in total. The Morgan fingerprint density at radius 1 is 0.789 bits per heavy atom. The summed E-state index contributed by atoms with van der Waals surface area (Å²) in [5.74, 6) is -0.0700. The maximum Gasteiger partial charge on any atom is 0.234 e. The van der Waals surface area contributed by atoms with E-state index >= 15 is 0 Å². The van der Waals surface area contributed by atoms with Crippen LogP contribution in [0.3, 0.4) is 0 Å². The van der Waals surface area contributed by atoms with E-state index in [-0.39, 0.29) is 5.78 Å². The van der Waals surface area contributed by atoms with E-state index in [0.29, 0.717) is 5.04 Å². The monoisotopic (exact) mass is 516 g/mol. The lowest BCUT2D eigenvalue weighted by Crippen LogP contribution is -2.54. The first-order chi connectivity index (χ1) is 18.5. The van der Waals surface area contributed by atoms with Crippen molar-refractivity contribution in [2.24, 2.45) is 10.2 Å². The molecule has 2 heterocycles. The Hall–Kier alpha value is -4.16. The maximum absolute atomic E-state index is 12.8. The summed E-state index contributed by atoms with van der Waals surface area (Å²) >= 11 is 1.44. The molecule has 0 aromatic heterocycles. The molecule has 6 heteroatoms. The minimum absolute atomic E-state index is 0.0700. The van der Waals surface area contributed by atoms with Crippen molar-refractivity contribution in [1.29, 1.82) is 0 Å². The van der Waals surface area contributed by atoms with E-state index in [0.717, 1.165) is 45.8 Å². The predicted octanol–water partition coefficient (Wildman–Crippen LogP) is 7.10. The fourth-order valence-corrected chi connectivity index (χ4v) is 6.23. The van der Waals surface area contributed by atoms with E-state index in [1.807, 2.05) is 40.3 Å². The Balaban J connectivity index is 1.64. The molecule has 0 aliphatic carbocycles. The van der Waals surface area contributed by atoms with Crippen molar-refractivity contribution < 1.29 is 4.79 Å². The molecule has 0 unspecified atom stereocenters. The Bertz CT molecular complexity index is 1560. The molecule has 0 radical (unpaired) electrons. The highest BCUT2D eigenvalue weighted by molar-refractivity contribution is 8.17. The molecule has 4 aromatic carbocycles. The molecular weight excluding hydrogens is 488 g/mol. The molecule has 2 aliphatic rings. The van der Waals surface area contributed by atoms with Crippen LogP contribution in [0.25, 0.3) is 0 Å². The Labute approximate surface area is 227 Å². The second-order valence-corrected chi connectivity index (χ2v) is 10.7. The number of hydrogen-bond acceptors (Lipinski definition) is 6. The average Bonchev–Trinajstić information content (AvgIpc) is 3.36. The molecule has 6 rings (SSSR count). The second-order valence-electron chi connectivity index (χ2n) is 9.51. The van der Waals surface area contributed by atoms with Gasteiger partial charge in [0.15, 0.2) is 10.8 Å². The van der Waals surface area contributed by atoms with Crippen molar-refractivity contribution in [3.8, 4) is 0 Å². The van der Waals surface area contributed by atoms with E-state index in [4.69, 9.17) is 10.2 Å². The van der Waals surface area contributed by atoms with Crippen LogP contribution in [0.2, 0.25) is 0 Å². The largest absolute Gasteiger partial charge is 0.292 e. The molecule has 0 fully saturated rings. The first kappa shape index (κ1) is 24.2. The third kappa shape index (κ3) is 3.92. The van der Waals surface area contributed by atoms with Gasteiger partial charge in [-0.2, -0.15) is 10.2 Å². The van der Waals surface area contributed by atoms with Gasteiger partial charge in [-0.3, -0.25) is 4.79 Å². The van der Waals surface area contributed by atoms with Crippen molar-refractivity contribution in [2.75, 3.05) is 10.0 Å². The highest BCUT2D eigenvalue weighted by atomic mass is 32.2. The van der Waals surface area contributed by atoms with E-state index in [9.17, 15) is 4.79 Å². The quantitative estimate of drug-likeness (QED) is 0.284. The number of fused-ring (bicyclic) bond motifs is 2. The third-order valence-corrected chi connectivity index (χ3v) is 8.37. The van der Waals surface area contributed by atoms with Gasteiger partial charge in [-0.1, -0.05) is 91.3 Å². The number of aryl methyl sites for hydroxylation is 2. The molecule has 1 spiro atoms. The lowest BCUT2D eigenvalue weighted by molar-refractivity contribution is -0.110. The number of hydrazone groups is 2. The molecule has 0 bridgehead atoms. The van der Waals surface area contributed by atoms with Gasteiger partial charge in [0, 0.05) is 23.6 Å². The van der Waals surface area contributed by atoms with Gasteiger partial charge in [0.05, 0.1) is 17.1 Å². The van der Waals surface area contributed by atoms with Crippen molar-refractivity contribution in [3.05, 3.63) is 131 Å². The second kappa shape index (κ2) is 9.62. The van der Waals surface area contributed by atoms with Gasteiger partial charge in [-0.25, -0.2) is 10.0 Å². The van der Waals surface area contributed by atoms with Crippen LogP contribution >= 0.6 is 11.8 Å². The normalized spacial score (nSPS) is 18.3. The zero-order valence-electron chi connectivity index (χ0n) is 21.6. The number of nitrogens with zero attached hydrogens (tertiary/aromatic N) is 4. The number of ketones is 1. The number of Topliss-reactive ketones (excluding diaryl/α,β-unsaturated/α-hetero) is 1. The zero-order valence-corrected chi connectivity index (χ0v) is 22.4. The van der Waals surface area contributed by atoms with Gasteiger partial charge < -0.3 is 0 Å². The molecule has 0 amide bonds. The third-order valence-electron chi connectivity index (χ3n) is 6.95. The Morgan fingerprint density at radius 3 is 2.11 bits per heavy atom. The summed E-state index contributed by atoms with van der Waals surface area (Å²) in [4.78, 5) is 11.8. The van der Waals surface area contributed by atoms with Crippen LogP contribution < -0.4 is 10.0 Å². The van der Waals surface area contributed by atoms with Crippen LogP contribution in [0.1, 0.15) is 41.7 Å². The van der Waals surface area contributed by atoms with Gasteiger partial charge in [-0.05, 0) is 54.9 Å². The number of benzene rings is 4. The van der Waals surface area contributed by atoms with Gasteiger partial charge >= 0.3 is 0 Å². The summed E-state index contributed by atoms with van der Waals surface area (Å²) in [7, 11) is 0. The van der Waals surface area contributed by atoms with E-state index < -0.39 is 4.99 Å². The van der Waals surface area contributed by atoms with Crippen LogP contribution in [0.15, 0.2) is 113 Å². The fourth-order valence-electron chi connectivity index (χ4n) is 4.94. The van der Waals surface area contributed by atoms with Gasteiger partial charge in [0.1, 0.15) is 0 Å². The number of hydrogen-bond donors (Lipinski definition) is 0. The van der Waals surface area contributed by atoms with Crippen LogP contribution in [-0.4, -0.2) is 16.5 Å². The highest BCUT2D eigenvalue weighted by Crippen LogP contribution is 2.55. The molecule has 38 heavy (non-hydrogen) atoms.